The summed E-state index contributed by atoms with van der Waals surface area (Å²) in [6.45, 7) is 12.8. The van der Waals surface area contributed by atoms with Crippen molar-refractivity contribution < 1.29 is 57.4 Å². The predicted molar refractivity (Wildman–Crippen MR) is 190 cm³/mol. The first-order chi connectivity index (χ1) is 24.7. The maximum absolute atomic E-state index is 13.4. The number of rotatable bonds is 12. The molecule has 2 N–H and O–H groups in total. The Bertz CT molecular complexity index is 1670. The van der Waals surface area contributed by atoms with E-state index in [2.05, 4.69) is 33.0 Å². The van der Waals surface area contributed by atoms with Gasteiger partial charge in [0.1, 0.15) is 23.9 Å². The zero-order chi connectivity index (χ0) is 38.1. The molecule has 2 aliphatic heterocycles. The Balaban J connectivity index is 0.00000297. The minimum absolute atomic E-state index is 0.101. The van der Waals surface area contributed by atoms with Crippen LogP contribution in [0.25, 0.3) is 0 Å². The van der Waals surface area contributed by atoms with Gasteiger partial charge in [-0.1, -0.05) is 52.0 Å². The van der Waals surface area contributed by atoms with E-state index >= 15 is 0 Å². The molecule has 0 saturated carbocycles. The number of anilines is 1. The van der Waals surface area contributed by atoms with Gasteiger partial charge in [0.25, 0.3) is 5.91 Å². The maximum atomic E-state index is 13.4. The van der Waals surface area contributed by atoms with Crippen LogP contribution in [0.2, 0.25) is 0 Å². The summed E-state index contributed by atoms with van der Waals surface area (Å²) < 4.78 is 46.6. The Morgan fingerprint density at radius 2 is 1.35 bits per heavy atom. The second-order valence-electron chi connectivity index (χ2n) is 14.1. The zero-order valence-electron chi connectivity index (χ0n) is 30.8. The SMILES string of the molecule is C=O.COCOc1ccc(C2OCC(C)(C)CO2)cc1C(O)(c1cccc(NC(=O)COC(C)=O)c1)c1cc(C2OCC(C)(C)CO2)ccc1OC. The molecular weight excluding hydrogens is 674 g/mol. The lowest BCUT2D eigenvalue weighted by Crippen LogP contribution is -2.35. The number of amides is 1. The van der Waals surface area contributed by atoms with Crippen LogP contribution in [0.15, 0.2) is 60.7 Å². The maximum Gasteiger partial charge on any atom is 0.303 e. The Morgan fingerprint density at radius 3 is 1.85 bits per heavy atom. The van der Waals surface area contributed by atoms with E-state index in [1.165, 1.54) is 21.1 Å². The number of ether oxygens (including phenoxy) is 8. The van der Waals surface area contributed by atoms with Gasteiger partial charge in [-0.3, -0.25) is 9.59 Å². The van der Waals surface area contributed by atoms with Crippen molar-refractivity contribution in [2.75, 3.05) is 59.4 Å². The highest BCUT2D eigenvalue weighted by atomic mass is 16.7. The number of aliphatic hydroxyl groups is 1. The van der Waals surface area contributed by atoms with E-state index in [1.54, 1.807) is 48.5 Å². The quantitative estimate of drug-likeness (QED) is 0.139. The van der Waals surface area contributed by atoms with Crippen LogP contribution in [0, 0.1) is 10.8 Å². The van der Waals surface area contributed by atoms with Gasteiger partial charge in [0, 0.05) is 52.8 Å². The van der Waals surface area contributed by atoms with E-state index in [9.17, 15) is 14.7 Å². The molecule has 1 unspecified atom stereocenters. The number of methoxy groups -OCH3 is 2. The molecule has 13 nitrogen and oxygen atoms in total. The van der Waals surface area contributed by atoms with Crippen LogP contribution in [0.5, 0.6) is 11.5 Å². The van der Waals surface area contributed by atoms with E-state index in [0.717, 1.165) is 0 Å². The van der Waals surface area contributed by atoms with E-state index < -0.39 is 36.7 Å². The Hall–Kier alpha value is -4.37. The van der Waals surface area contributed by atoms with Gasteiger partial charge in [0.15, 0.2) is 26.0 Å². The van der Waals surface area contributed by atoms with Gasteiger partial charge in [-0.15, -0.1) is 0 Å². The van der Waals surface area contributed by atoms with Crippen LogP contribution < -0.4 is 14.8 Å². The monoisotopic (exact) mass is 723 g/mol. The molecule has 0 aliphatic carbocycles. The number of benzene rings is 3. The van der Waals surface area contributed by atoms with Gasteiger partial charge in [-0.2, -0.15) is 0 Å². The predicted octanol–water partition coefficient (Wildman–Crippen LogP) is 5.42. The minimum atomic E-state index is -1.99. The normalized spacial score (nSPS) is 18.2. The highest BCUT2D eigenvalue weighted by molar-refractivity contribution is 5.92. The number of hydrogen-bond acceptors (Lipinski definition) is 12. The third kappa shape index (κ3) is 9.73. The molecule has 282 valence electrons. The fourth-order valence-corrected chi connectivity index (χ4v) is 5.79. The molecule has 0 aromatic heterocycles. The average molecular weight is 724 g/mol. The standard InChI is InChI=1S/C38H47NO11.CH2O/c1-24(40)45-18-33(41)39-28-10-8-9-27(17-28)38(42,29-15-25(11-13-31(29)44-7)34-46-19-36(2,3)20-47-34)30-16-26(12-14-32(30)50-23-43-6)35-48-21-37(4,5)22-49-35;1-2/h8-17,34-35,42H,18-23H2,1-7H3,(H,39,41);1H2. The molecule has 2 aliphatic rings. The molecule has 0 radical (unpaired) electrons. The third-order valence-electron chi connectivity index (χ3n) is 8.36. The first-order valence-electron chi connectivity index (χ1n) is 16.7. The van der Waals surface area contributed by atoms with Crippen LogP contribution in [-0.4, -0.2) is 77.8 Å². The Morgan fingerprint density at radius 1 is 0.827 bits per heavy atom. The van der Waals surface area contributed by atoms with Crippen molar-refractivity contribution in [3.05, 3.63) is 88.5 Å². The fraction of sp³-hybridized carbons (Fsp3) is 0.462. The molecule has 5 rings (SSSR count). The second-order valence-corrected chi connectivity index (χ2v) is 14.1. The smallest absolute Gasteiger partial charge is 0.303 e. The molecule has 2 fully saturated rings. The molecule has 1 amide bonds. The second kappa shape index (κ2) is 17.4. The average Bonchev–Trinajstić information content (AvgIpc) is 3.13. The summed E-state index contributed by atoms with van der Waals surface area (Å²) in [5.74, 6) is -0.442. The summed E-state index contributed by atoms with van der Waals surface area (Å²) in [4.78, 5) is 32.0. The number of carbonyl (C=O) groups excluding carboxylic acids is 3. The van der Waals surface area contributed by atoms with Crippen molar-refractivity contribution in [2.45, 2.75) is 52.8 Å². The van der Waals surface area contributed by atoms with Gasteiger partial charge in [0.05, 0.1) is 33.5 Å². The lowest BCUT2D eigenvalue weighted by atomic mass is 9.78. The van der Waals surface area contributed by atoms with Crippen LogP contribution >= 0.6 is 0 Å². The number of hydrogen-bond donors (Lipinski definition) is 2. The number of esters is 1. The molecule has 0 spiro atoms. The Labute approximate surface area is 304 Å². The van der Waals surface area contributed by atoms with Crippen LogP contribution in [0.1, 0.15) is 75.0 Å². The van der Waals surface area contributed by atoms with Crippen molar-refractivity contribution >= 4 is 24.4 Å². The molecule has 2 saturated heterocycles. The van der Waals surface area contributed by atoms with Gasteiger partial charge in [0.2, 0.25) is 0 Å². The van der Waals surface area contributed by atoms with Crippen LogP contribution in [0.3, 0.4) is 0 Å². The summed E-state index contributed by atoms with van der Waals surface area (Å²) in [6, 6.07) is 17.4. The summed E-state index contributed by atoms with van der Waals surface area (Å²) >= 11 is 0. The fourth-order valence-electron chi connectivity index (χ4n) is 5.79. The first-order valence-corrected chi connectivity index (χ1v) is 16.7. The van der Waals surface area contributed by atoms with Crippen molar-refractivity contribution in [3.8, 4) is 11.5 Å². The van der Waals surface area contributed by atoms with Gasteiger partial charge < -0.3 is 53.1 Å². The largest absolute Gasteiger partial charge is 0.496 e. The minimum Gasteiger partial charge on any atom is -0.496 e. The van der Waals surface area contributed by atoms with Gasteiger partial charge >= 0.3 is 5.97 Å². The summed E-state index contributed by atoms with van der Waals surface area (Å²) in [5.41, 5.74) is 0.408. The molecular formula is C39H49NO12. The lowest BCUT2D eigenvalue weighted by molar-refractivity contribution is -0.226. The molecule has 13 heteroatoms. The molecule has 0 bridgehead atoms. The first kappa shape index (κ1) is 40.4. The van der Waals surface area contributed by atoms with Gasteiger partial charge in [-0.05, 0) is 42.0 Å². The summed E-state index contributed by atoms with van der Waals surface area (Å²) in [5, 5.41) is 16.2. The van der Waals surface area contributed by atoms with Crippen LogP contribution in [0.4, 0.5) is 5.69 Å². The van der Waals surface area contributed by atoms with E-state index in [-0.39, 0.29) is 17.6 Å². The summed E-state index contributed by atoms with van der Waals surface area (Å²) in [7, 11) is 3.02. The topological polar surface area (TPSA) is 157 Å². The molecule has 52 heavy (non-hydrogen) atoms. The highest BCUT2D eigenvalue weighted by Crippen LogP contribution is 2.48. The molecule has 2 heterocycles. The number of nitrogens with one attached hydrogen (secondary N) is 1. The number of carbonyl (C=O) groups is 3. The third-order valence-corrected chi connectivity index (χ3v) is 8.36. The zero-order valence-corrected chi connectivity index (χ0v) is 30.8. The van der Waals surface area contributed by atoms with Crippen molar-refractivity contribution in [3.63, 3.8) is 0 Å². The van der Waals surface area contributed by atoms with E-state index in [4.69, 9.17) is 42.7 Å². The lowest BCUT2D eigenvalue weighted by Gasteiger charge is -2.37. The molecule has 3 aromatic rings. The van der Waals surface area contributed by atoms with Crippen LogP contribution in [-0.2, 0) is 48.4 Å². The molecule has 1 atom stereocenters. The summed E-state index contributed by atoms with van der Waals surface area (Å²) in [6.07, 6.45) is -1.39. The van der Waals surface area contributed by atoms with Crippen molar-refractivity contribution in [1.82, 2.24) is 0 Å². The Kier molecular flexibility index (Phi) is 13.5. The molecule has 3 aromatic carbocycles. The van der Waals surface area contributed by atoms with E-state index in [1.807, 2.05) is 18.9 Å². The van der Waals surface area contributed by atoms with Gasteiger partial charge in [-0.25, -0.2) is 0 Å². The van der Waals surface area contributed by atoms with Crippen molar-refractivity contribution in [1.29, 1.82) is 0 Å². The van der Waals surface area contributed by atoms with Crippen molar-refractivity contribution in [2.24, 2.45) is 10.8 Å². The van der Waals surface area contributed by atoms with E-state index in [0.29, 0.717) is 71.4 Å². The highest BCUT2D eigenvalue weighted by Gasteiger charge is 2.42.